The second kappa shape index (κ2) is 11.6. The van der Waals surface area contributed by atoms with Crippen LogP contribution in [0.1, 0.15) is 63.0 Å². The van der Waals surface area contributed by atoms with E-state index in [1.165, 1.54) is 24.7 Å². The Bertz CT molecular complexity index is 1470. The van der Waals surface area contributed by atoms with Crippen molar-refractivity contribution in [2.24, 2.45) is 7.05 Å². The number of anilines is 1. The van der Waals surface area contributed by atoms with E-state index in [0.29, 0.717) is 36.9 Å². The Hall–Kier alpha value is -3.66. The fourth-order valence-corrected chi connectivity index (χ4v) is 6.23. The highest BCUT2D eigenvalue weighted by Gasteiger charge is 2.43. The lowest BCUT2D eigenvalue weighted by Gasteiger charge is -2.38. The fourth-order valence-electron chi connectivity index (χ4n) is 5.19. The van der Waals surface area contributed by atoms with Crippen molar-refractivity contribution in [1.29, 1.82) is 0 Å². The van der Waals surface area contributed by atoms with Crippen LogP contribution in [0.5, 0.6) is 0 Å². The number of imidazole rings is 1. The van der Waals surface area contributed by atoms with Crippen LogP contribution in [0.25, 0.3) is 0 Å². The van der Waals surface area contributed by atoms with Gasteiger partial charge in [0.1, 0.15) is 17.2 Å². The van der Waals surface area contributed by atoms with Crippen molar-refractivity contribution < 1.29 is 27.4 Å². The van der Waals surface area contributed by atoms with Crippen LogP contribution in [0.3, 0.4) is 0 Å². The third-order valence-electron chi connectivity index (χ3n) is 7.07. The van der Waals surface area contributed by atoms with Crippen molar-refractivity contribution >= 4 is 21.7 Å². The number of hydrogen-bond acceptors (Lipinski definition) is 6. The monoisotopic (exact) mass is 555 g/mol. The van der Waals surface area contributed by atoms with Gasteiger partial charge in [0.25, 0.3) is 10.0 Å². The van der Waals surface area contributed by atoms with E-state index in [1.807, 2.05) is 13.8 Å². The molecule has 2 atom stereocenters. The maximum absolute atomic E-state index is 13.4. The SMILES string of the molecule is CCC[C@]1(CCc2ccc(F)cc2)CC(O)=C([C@@H](CC)c2cccc(NS(=O)(=O)c3cn(C)cn3)c2)C(=O)O1. The summed E-state index contributed by atoms with van der Waals surface area (Å²) in [6, 6.07) is 13.0. The molecule has 0 spiro atoms. The summed E-state index contributed by atoms with van der Waals surface area (Å²) in [4.78, 5) is 17.3. The van der Waals surface area contributed by atoms with Crippen LogP contribution in [0, 0.1) is 5.82 Å². The zero-order valence-corrected chi connectivity index (χ0v) is 23.2. The second-order valence-corrected chi connectivity index (χ2v) is 11.7. The molecule has 0 radical (unpaired) electrons. The van der Waals surface area contributed by atoms with Crippen LogP contribution in [-0.2, 0) is 33.0 Å². The number of carbonyl (C=O) groups is 1. The summed E-state index contributed by atoms with van der Waals surface area (Å²) >= 11 is 0. The molecule has 39 heavy (non-hydrogen) atoms. The molecule has 1 aliphatic rings. The van der Waals surface area contributed by atoms with Gasteiger partial charge in [0.2, 0.25) is 0 Å². The largest absolute Gasteiger partial charge is 0.512 e. The minimum Gasteiger partial charge on any atom is -0.512 e. The van der Waals surface area contributed by atoms with Crippen LogP contribution >= 0.6 is 0 Å². The second-order valence-electron chi connectivity index (χ2n) is 10.1. The number of aliphatic hydroxyl groups is 1. The number of halogens is 1. The molecule has 0 aliphatic carbocycles. The van der Waals surface area contributed by atoms with Crippen LogP contribution in [0.2, 0.25) is 0 Å². The Morgan fingerprint density at radius 3 is 2.54 bits per heavy atom. The Kier molecular flexibility index (Phi) is 8.44. The van der Waals surface area contributed by atoms with Crippen LogP contribution in [0.4, 0.5) is 10.1 Å². The van der Waals surface area contributed by atoms with E-state index in [-0.39, 0.29) is 28.6 Å². The molecular weight excluding hydrogens is 521 g/mol. The van der Waals surface area contributed by atoms with Gasteiger partial charge < -0.3 is 14.4 Å². The number of aliphatic hydroxyl groups excluding tert-OH is 1. The van der Waals surface area contributed by atoms with Crippen LogP contribution < -0.4 is 4.72 Å². The molecule has 0 saturated heterocycles. The summed E-state index contributed by atoms with van der Waals surface area (Å²) in [5.74, 6) is -1.38. The van der Waals surface area contributed by atoms with Gasteiger partial charge in [0.05, 0.1) is 11.9 Å². The lowest BCUT2D eigenvalue weighted by Crippen LogP contribution is -2.41. The van der Waals surface area contributed by atoms with Gasteiger partial charge in [-0.1, -0.05) is 44.5 Å². The summed E-state index contributed by atoms with van der Waals surface area (Å²) in [6.07, 6.45) is 5.89. The predicted molar refractivity (Wildman–Crippen MR) is 146 cm³/mol. The van der Waals surface area contributed by atoms with Gasteiger partial charge in [0, 0.05) is 31.3 Å². The van der Waals surface area contributed by atoms with Gasteiger partial charge in [-0.05, 0) is 61.1 Å². The zero-order chi connectivity index (χ0) is 28.2. The number of sulfonamides is 1. The number of cyclic esters (lactones) is 1. The number of nitrogens with one attached hydrogen (secondary N) is 1. The molecule has 0 amide bonds. The first-order valence-electron chi connectivity index (χ1n) is 13.1. The maximum Gasteiger partial charge on any atom is 0.338 e. The normalized spacial score (nSPS) is 18.6. The van der Waals surface area contributed by atoms with E-state index in [2.05, 4.69) is 9.71 Å². The fraction of sp³-hybridized carbons (Fsp3) is 0.379. The van der Waals surface area contributed by atoms with Crippen molar-refractivity contribution in [3.63, 3.8) is 0 Å². The highest BCUT2D eigenvalue weighted by molar-refractivity contribution is 7.92. The molecule has 2 heterocycles. The van der Waals surface area contributed by atoms with Crippen molar-refractivity contribution in [1.82, 2.24) is 9.55 Å². The van der Waals surface area contributed by atoms with Crippen molar-refractivity contribution in [3.8, 4) is 0 Å². The van der Waals surface area contributed by atoms with Gasteiger partial charge in [0.15, 0.2) is 5.03 Å². The molecular formula is C29H34FN3O5S. The summed E-state index contributed by atoms with van der Waals surface area (Å²) < 4.78 is 49.0. The summed E-state index contributed by atoms with van der Waals surface area (Å²) in [6.45, 7) is 3.89. The van der Waals surface area contributed by atoms with E-state index >= 15 is 0 Å². The zero-order valence-electron chi connectivity index (χ0n) is 22.4. The number of carbonyl (C=O) groups excluding carboxylic acids is 1. The van der Waals surface area contributed by atoms with E-state index < -0.39 is 27.5 Å². The average Bonchev–Trinajstić information content (AvgIpc) is 3.33. The van der Waals surface area contributed by atoms with Crippen molar-refractivity contribution in [2.45, 2.75) is 68.9 Å². The van der Waals surface area contributed by atoms with E-state index in [0.717, 1.165) is 12.0 Å². The summed E-state index contributed by atoms with van der Waals surface area (Å²) in [7, 11) is -2.22. The Morgan fingerprint density at radius 1 is 1.18 bits per heavy atom. The number of esters is 1. The Labute approximate surface area is 228 Å². The third kappa shape index (κ3) is 6.50. The van der Waals surface area contributed by atoms with Crippen LogP contribution in [-0.4, -0.2) is 34.6 Å². The molecule has 8 nitrogen and oxygen atoms in total. The average molecular weight is 556 g/mol. The minimum absolute atomic E-state index is 0.00914. The van der Waals surface area contributed by atoms with E-state index in [1.54, 1.807) is 48.0 Å². The molecule has 0 saturated carbocycles. The molecule has 3 aromatic rings. The molecule has 208 valence electrons. The third-order valence-corrected chi connectivity index (χ3v) is 8.34. The molecule has 0 bridgehead atoms. The summed E-state index contributed by atoms with van der Waals surface area (Å²) in [5, 5.41) is 11.1. The molecule has 1 aliphatic heterocycles. The smallest absolute Gasteiger partial charge is 0.338 e. The summed E-state index contributed by atoms with van der Waals surface area (Å²) in [5.41, 5.74) is 1.25. The molecule has 0 unspecified atom stereocenters. The standard InChI is InChI=1S/C29H34FN3O5S/c1-4-14-29(15-13-20-9-11-22(30)12-10-20)17-25(34)27(28(35)38-29)24(5-2)21-7-6-8-23(16-21)32-39(36,37)26-18-33(3)19-31-26/h6-12,16,18-19,24,32,34H,4-5,13-15,17H2,1-3H3/t24-,29-/m0/s1. The first-order chi connectivity index (χ1) is 18.6. The number of aryl methyl sites for hydroxylation is 2. The highest BCUT2D eigenvalue weighted by atomic mass is 32.2. The number of rotatable bonds is 11. The molecule has 2 N–H and O–H groups in total. The van der Waals surface area contributed by atoms with Gasteiger partial charge in [-0.25, -0.2) is 14.2 Å². The lowest BCUT2D eigenvalue weighted by molar-refractivity contribution is -0.161. The minimum atomic E-state index is -3.90. The molecule has 10 heteroatoms. The first kappa shape index (κ1) is 28.4. The molecule has 4 rings (SSSR count). The number of hydrogen-bond donors (Lipinski definition) is 2. The van der Waals surface area contributed by atoms with Gasteiger partial charge in [-0.3, -0.25) is 4.72 Å². The van der Waals surface area contributed by atoms with E-state index in [9.17, 15) is 22.7 Å². The van der Waals surface area contributed by atoms with Crippen molar-refractivity contribution in [2.75, 3.05) is 4.72 Å². The Morgan fingerprint density at radius 2 is 1.92 bits per heavy atom. The number of aromatic nitrogens is 2. The van der Waals surface area contributed by atoms with Crippen LogP contribution in [0.15, 0.2) is 77.4 Å². The number of nitrogens with zero attached hydrogens (tertiary/aromatic N) is 2. The Balaban J connectivity index is 1.58. The lowest BCUT2D eigenvalue weighted by atomic mass is 9.80. The van der Waals surface area contributed by atoms with Gasteiger partial charge in [-0.2, -0.15) is 8.42 Å². The maximum atomic E-state index is 13.4. The molecule has 2 aromatic carbocycles. The predicted octanol–water partition coefficient (Wildman–Crippen LogP) is 5.78. The quantitative estimate of drug-likeness (QED) is 0.290. The first-order valence-corrected chi connectivity index (χ1v) is 14.5. The number of benzene rings is 2. The highest BCUT2D eigenvalue weighted by Crippen LogP contribution is 2.42. The molecule has 1 aromatic heterocycles. The molecule has 0 fully saturated rings. The van der Waals surface area contributed by atoms with Crippen molar-refractivity contribution in [3.05, 3.63) is 89.3 Å². The van der Waals surface area contributed by atoms with Gasteiger partial charge in [-0.15, -0.1) is 0 Å². The van der Waals surface area contributed by atoms with Gasteiger partial charge >= 0.3 is 5.97 Å². The van der Waals surface area contributed by atoms with E-state index in [4.69, 9.17) is 4.74 Å². The topological polar surface area (TPSA) is 111 Å². The number of ether oxygens (including phenoxy) is 1.